The maximum Gasteiger partial charge on any atom is 0.224 e. The van der Waals surface area contributed by atoms with Crippen LogP contribution in [0.5, 0.6) is 0 Å². The Morgan fingerprint density at radius 1 is 1.54 bits per heavy atom. The van der Waals surface area contributed by atoms with E-state index < -0.39 is 0 Å². The SMILES string of the molecule is O=C(CCCl)N(CCO)C1CCC1. The highest BCUT2D eigenvalue weighted by Crippen LogP contribution is 2.24. The number of nitrogens with zero attached hydrogens (tertiary/aromatic N) is 1. The number of rotatable bonds is 5. The molecule has 0 aromatic rings. The number of amides is 1. The molecule has 76 valence electrons. The van der Waals surface area contributed by atoms with E-state index in [2.05, 4.69) is 0 Å². The van der Waals surface area contributed by atoms with Crippen molar-refractivity contribution in [3.63, 3.8) is 0 Å². The Bertz CT molecular complexity index is 171. The van der Waals surface area contributed by atoms with Gasteiger partial charge in [-0.2, -0.15) is 0 Å². The van der Waals surface area contributed by atoms with Gasteiger partial charge in [-0.25, -0.2) is 0 Å². The second-order valence-corrected chi connectivity index (χ2v) is 3.71. The third-order valence-corrected chi connectivity index (χ3v) is 2.67. The molecule has 1 saturated carbocycles. The lowest BCUT2D eigenvalue weighted by molar-refractivity contribution is -0.135. The summed E-state index contributed by atoms with van der Waals surface area (Å²) in [6, 6.07) is 0.364. The minimum absolute atomic E-state index is 0.0462. The topological polar surface area (TPSA) is 40.5 Å². The summed E-state index contributed by atoms with van der Waals surface area (Å²) in [5.41, 5.74) is 0. The first kappa shape index (κ1) is 10.8. The zero-order chi connectivity index (χ0) is 9.68. The molecule has 0 bridgehead atoms. The van der Waals surface area contributed by atoms with Gasteiger partial charge in [0.25, 0.3) is 0 Å². The first-order chi connectivity index (χ1) is 6.29. The number of aliphatic hydroxyl groups excluding tert-OH is 1. The van der Waals surface area contributed by atoms with Crippen LogP contribution in [-0.2, 0) is 4.79 Å². The Labute approximate surface area is 83.7 Å². The van der Waals surface area contributed by atoms with Gasteiger partial charge in [0.1, 0.15) is 0 Å². The molecule has 0 aliphatic heterocycles. The summed E-state index contributed by atoms with van der Waals surface area (Å²) in [6.07, 6.45) is 3.74. The Morgan fingerprint density at radius 3 is 2.62 bits per heavy atom. The molecule has 1 rings (SSSR count). The first-order valence-electron chi connectivity index (χ1n) is 4.76. The zero-order valence-electron chi connectivity index (χ0n) is 7.71. The maximum absolute atomic E-state index is 11.5. The first-order valence-corrected chi connectivity index (χ1v) is 5.29. The molecular weight excluding hydrogens is 190 g/mol. The molecule has 1 N–H and O–H groups in total. The summed E-state index contributed by atoms with van der Waals surface area (Å²) in [5, 5.41) is 8.80. The van der Waals surface area contributed by atoms with Crippen LogP contribution in [-0.4, -0.2) is 41.0 Å². The van der Waals surface area contributed by atoms with Gasteiger partial charge in [0, 0.05) is 24.9 Å². The molecule has 0 spiro atoms. The molecule has 0 radical (unpaired) electrons. The number of carbonyl (C=O) groups is 1. The van der Waals surface area contributed by atoms with Gasteiger partial charge in [-0.1, -0.05) is 0 Å². The molecule has 13 heavy (non-hydrogen) atoms. The van der Waals surface area contributed by atoms with Gasteiger partial charge in [0.2, 0.25) is 5.91 Å². The molecule has 0 aromatic heterocycles. The Morgan fingerprint density at radius 2 is 2.23 bits per heavy atom. The number of aliphatic hydroxyl groups is 1. The van der Waals surface area contributed by atoms with E-state index in [1.165, 1.54) is 6.42 Å². The van der Waals surface area contributed by atoms with Crippen LogP contribution in [0.1, 0.15) is 25.7 Å². The molecule has 0 aromatic carbocycles. The third kappa shape index (κ3) is 2.85. The van der Waals surface area contributed by atoms with Crippen molar-refractivity contribution in [2.75, 3.05) is 19.0 Å². The number of carbonyl (C=O) groups excluding carboxylic acids is 1. The van der Waals surface area contributed by atoms with Crippen LogP contribution in [0, 0.1) is 0 Å². The lowest BCUT2D eigenvalue weighted by Gasteiger charge is -2.37. The van der Waals surface area contributed by atoms with Crippen molar-refractivity contribution in [1.82, 2.24) is 4.90 Å². The van der Waals surface area contributed by atoms with Gasteiger partial charge in [-0.15, -0.1) is 11.6 Å². The molecule has 1 fully saturated rings. The van der Waals surface area contributed by atoms with Gasteiger partial charge in [0.05, 0.1) is 6.61 Å². The summed E-state index contributed by atoms with van der Waals surface area (Å²) in [4.78, 5) is 13.3. The van der Waals surface area contributed by atoms with E-state index in [-0.39, 0.29) is 12.5 Å². The maximum atomic E-state index is 11.5. The van der Waals surface area contributed by atoms with Crippen molar-refractivity contribution in [2.24, 2.45) is 0 Å². The minimum atomic E-state index is 0.0462. The number of hydrogen-bond donors (Lipinski definition) is 1. The molecule has 0 saturated heterocycles. The van der Waals surface area contributed by atoms with Crippen molar-refractivity contribution >= 4 is 17.5 Å². The van der Waals surface area contributed by atoms with E-state index >= 15 is 0 Å². The van der Waals surface area contributed by atoms with Crippen LogP contribution in [0.15, 0.2) is 0 Å². The molecule has 1 aliphatic carbocycles. The van der Waals surface area contributed by atoms with Crippen molar-refractivity contribution in [3.8, 4) is 0 Å². The summed E-state index contributed by atoms with van der Waals surface area (Å²) in [6.45, 7) is 0.505. The highest BCUT2D eigenvalue weighted by atomic mass is 35.5. The Balaban J connectivity index is 2.40. The standard InChI is InChI=1S/C9H16ClNO2/c10-5-4-9(13)11(6-7-12)8-2-1-3-8/h8,12H,1-7H2. The zero-order valence-corrected chi connectivity index (χ0v) is 8.46. The number of halogens is 1. The molecule has 1 amide bonds. The fourth-order valence-electron chi connectivity index (χ4n) is 1.54. The molecule has 0 atom stereocenters. The molecule has 1 aliphatic rings. The van der Waals surface area contributed by atoms with Gasteiger partial charge in [-0.3, -0.25) is 4.79 Å². The molecular formula is C9H16ClNO2. The van der Waals surface area contributed by atoms with Crippen LogP contribution in [0.25, 0.3) is 0 Å². The number of alkyl halides is 1. The summed E-state index contributed by atoms with van der Waals surface area (Å²) in [5.74, 6) is 0.446. The molecule has 4 heteroatoms. The quantitative estimate of drug-likeness (QED) is 0.680. The second kappa shape index (κ2) is 5.45. The smallest absolute Gasteiger partial charge is 0.224 e. The second-order valence-electron chi connectivity index (χ2n) is 3.33. The highest BCUT2D eigenvalue weighted by Gasteiger charge is 2.27. The van der Waals surface area contributed by atoms with Crippen LogP contribution in [0.3, 0.4) is 0 Å². The van der Waals surface area contributed by atoms with E-state index in [1.54, 1.807) is 4.90 Å². The van der Waals surface area contributed by atoms with Gasteiger partial charge >= 0.3 is 0 Å². The van der Waals surface area contributed by atoms with E-state index in [9.17, 15) is 4.79 Å². The molecule has 3 nitrogen and oxygen atoms in total. The van der Waals surface area contributed by atoms with E-state index in [0.717, 1.165) is 12.8 Å². The number of hydrogen-bond acceptors (Lipinski definition) is 2. The summed E-state index contributed by atoms with van der Waals surface area (Å²) in [7, 11) is 0. The van der Waals surface area contributed by atoms with Crippen LogP contribution in [0.4, 0.5) is 0 Å². The van der Waals surface area contributed by atoms with Crippen LogP contribution >= 0.6 is 11.6 Å². The molecule has 0 heterocycles. The normalized spacial score (nSPS) is 16.8. The average Bonchev–Trinajstić information content (AvgIpc) is 2.01. The lowest BCUT2D eigenvalue weighted by Crippen LogP contribution is -2.45. The van der Waals surface area contributed by atoms with Crippen molar-refractivity contribution in [2.45, 2.75) is 31.7 Å². The van der Waals surface area contributed by atoms with Crippen LogP contribution < -0.4 is 0 Å². The van der Waals surface area contributed by atoms with E-state index in [1.807, 2.05) is 0 Å². The van der Waals surface area contributed by atoms with Crippen molar-refractivity contribution in [1.29, 1.82) is 0 Å². The Kier molecular flexibility index (Phi) is 4.53. The van der Waals surface area contributed by atoms with Gasteiger partial charge in [-0.05, 0) is 19.3 Å². The summed E-state index contributed by atoms with van der Waals surface area (Å²) >= 11 is 5.50. The predicted octanol–water partition coefficient (Wildman–Crippen LogP) is 0.989. The van der Waals surface area contributed by atoms with Crippen LogP contribution in [0.2, 0.25) is 0 Å². The molecule has 0 unspecified atom stereocenters. The van der Waals surface area contributed by atoms with E-state index in [4.69, 9.17) is 16.7 Å². The summed E-state index contributed by atoms with van der Waals surface area (Å²) < 4.78 is 0. The monoisotopic (exact) mass is 205 g/mol. The van der Waals surface area contributed by atoms with Gasteiger partial charge in [0.15, 0.2) is 0 Å². The predicted molar refractivity (Wildman–Crippen MR) is 51.8 cm³/mol. The highest BCUT2D eigenvalue weighted by molar-refractivity contribution is 6.18. The third-order valence-electron chi connectivity index (χ3n) is 2.49. The van der Waals surface area contributed by atoms with Crippen molar-refractivity contribution < 1.29 is 9.90 Å². The fourth-order valence-corrected chi connectivity index (χ4v) is 1.70. The Hall–Kier alpha value is -0.280. The fraction of sp³-hybridized carbons (Fsp3) is 0.889. The van der Waals surface area contributed by atoms with Crippen molar-refractivity contribution in [3.05, 3.63) is 0 Å². The van der Waals surface area contributed by atoms with Gasteiger partial charge < -0.3 is 10.0 Å². The average molecular weight is 206 g/mol. The lowest BCUT2D eigenvalue weighted by atomic mass is 9.91. The largest absolute Gasteiger partial charge is 0.395 e. The van der Waals surface area contributed by atoms with E-state index in [0.29, 0.717) is 24.9 Å². The minimum Gasteiger partial charge on any atom is -0.395 e.